The highest BCUT2D eigenvalue weighted by molar-refractivity contribution is 5.96. The molecule has 0 unspecified atom stereocenters. The van der Waals surface area contributed by atoms with Gasteiger partial charge in [-0.3, -0.25) is 4.79 Å². The fourth-order valence-corrected chi connectivity index (χ4v) is 2.89. The Kier molecular flexibility index (Phi) is 5.02. The fraction of sp³-hybridized carbons (Fsp3) is 0.250. The summed E-state index contributed by atoms with van der Waals surface area (Å²) >= 11 is 0. The lowest BCUT2D eigenvalue weighted by molar-refractivity contribution is 0.0754. The number of benzene rings is 2. The molecule has 0 N–H and O–H groups in total. The predicted octanol–water partition coefficient (Wildman–Crippen LogP) is 3.73. The van der Waals surface area contributed by atoms with Crippen LogP contribution in [0.5, 0.6) is 17.2 Å². The Morgan fingerprint density at radius 1 is 1.00 bits per heavy atom. The molecule has 0 spiro atoms. The van der Waals surface area contributed by atoms with E-state index in [1.165, 1.54) is 0 Å². The van der Waals surface area contributed by atoms with Crippen molar-refractivity contribution in [3.63, 3.8) is 0 Å². The second kappa shape index (κ2) is 7.39. The zero-order chi connectivity index (χ0) is 18.7. The molecule has 0 fully saturated rings. The Morgan fingerprint density at radius 2 is 1.73 bits per heavy atom. The maximum Gasteiger partial charge on any atom is 0.289 e. The molecule has 0 aliphatic carbocycles. The lowest BCUT2D eigenvalue weighted by Crippen LogP contribution is -2.26. The van der Waals surface area contributed by atoms with Crippen molar-refractivity contribution in [1.82, 2.24) is 4.90 Å². The summed E-state index contributed by atoms with van der Waals surface area (Å²) in [4.78, 5) is 14.3. The third-order valence-electron chi connectivity index (χ3n) is 4.18. The van der Waals surface area contributed by atoms with Crippen molar-refractivity contribution in [3.05, 3.63) is 53.8 Å². The van der Waals surface area contributed by atoms with Crippen LogP contribution in [0.2, 0.25) is 0 Å². The minimum absolute atomic E-state index is 0.210. The molecule has 1 aromatic heterocycles. The van der Waals surface area contributed by atoms with Crippen LogP contribution in [0.1, 0.15) is 16.1 Å². The van der Waals surface area contributed by atoms with Crippen LogP contribution in [0, 0.1) is 0 Å². The molecule has 0 saturated heterocycles. The highest BCUT2D eigenvalue weighted by atomic mass is 16.5. The summed E-state index contributed by atoms with van der Waals surface area (Å²) in [5, 5.41) is 0.896. The third kappa shape index (κ3) is 3.18. The van der Waals surface area contributed by atoms with Crippen LogP contribution in [0.4, 0.5) is 0 Å². The van der Waals surface area contributed by atoms with Gasteiger partial charge in [0.05, 0.1) is 21.3 Å². The van der Waals surface area contributed by atoms with E-state index in [9.17, 15) is 4.79 Å². The molecule has 136 valence electrons. The first-order chi connectivity index (χ1) is 12.6. The number of nitrogens with zero attached hydrogens (tertiary/aromatic N) is 1. The monoisotopic (exact) mass is 355 g/mol. The molecule has 6 heteroatoms. The summed E-state index contributed by atoms with van der Waals surface area (Å²) in [7, 11) is 6.38. The lowest BCUT2D eigenvalue weighted by atomic mass is 10.1. The van der Waals surface area contributed by atoms with Crippen LogP contribution < -0.4 is 14.2 Å². The summed E-state index contributed by atoms with van der Waals surface area (Å²) in [6.45, 7) is 0.333. The van der Waals surface area contributed by atoms with Gasteiger partial charge in [-0.05, 0) is 24.3 Å². The van der Waals surface area contributed by atoms with Crippen LogP contribution in [-0.4, -0.2) is 39.2 Å². The number of rotatable bonds is 6. The molecule has 2 aromatic carbocycles. The number of hydrogen-bond acceptors (Lipinski definition) is 5. The summed E-state index contributed by atoms with van der Waals surface area (Å²) in [6.07, 6.45) is 0. The summed E-state index contributed by atoms with van der Waals surface area (Å²) < 4.78 is 21.8. The van der Waals surface area contributed by atoms with Gasteiger partial charge in [0.1, 0.15) is 5.58 Å². The largest absolute Gasteiger partial charge is 0.493 e. The highest BCUT2D eigenvalue weighted by Crippen LogP contribution is 2.40. The Labute approximate surface area is 151 Å². The number of amides is 1. The second-order valence-electron chi connectivity index (χ2n) is 5.80. The van der Waals surface area contributed by atoms with Crippen LogP contribution >= 0.6 is 0 Å². The van der Waals surface area contributed by atoms with E-state index in [-0.39, 0.29) is 5.91 Å². The first kappa shape index (κ1) is 17.7. The van der Waals surface area contributed by atoms with Crippen molar-refractivity contribution in [2.45, 2.75) is 6.54 Å². The van der Waals surface area contributed by atoms with E-state index in [1.54, 1.807) is 45.4 Å². The van der Waals surface area contributed by atoms with Gasteiger partial charge in [-0.1, -0.05) is 18.2 Å². The molecule has 1 heterocycles. The topological polar surface area (TPSA) is 61.1 Å². The van der Waals surface area contributed by atoms with Crippen molar-refractivity contribution in [3.8, 4) is 17.2 Å². The van der Waals surface area contributed by atoms with Crippen molar-refractivity contribution >= 4 is 16.9 Å². The molecule has 0 saturated carbocycles. The molecular weight excluding hydrogens is 334 g/mol. The average Bonchev–Trinajstić information content (AvgIpc) is 3.10. The minimum Gasteiger partial charge on any atom is -0.493 e. The molecule has 0 bridgehead atoms. The van der Waals surface area contributed by atoms with E-state index in [0.717, 1.165) is 10.9 Å². The summed E-state index contributed by atoms with van der Waals surface area (Å²) in [6, 6.07) is 12.9. The van der Waals surface area contributed by atoms with Gasteiger partial charge in [0, 0.05) is 24.5 Å². The molecular formula is C20H21NO5. The van der Waals surface area contributed by atoms with E-state index in [0.29, 0.717) is 35.1 Å². The van der Waals surface area contributed by atoms with Crippen molar-refractivity contribution in [2.75, 3.05) is 28.4 Å². The average molecular weight is 355 g/mol. The van der Waals surface area contributed by atoms with E-state index in [1.807, 2.05) is 30.3 Å². The molecule has 3 rings (SSSR count). The van der Waals surface area contributed by atoms with Gasteiger partial charge in [0.15, 0.2) is 17.3 Å². The van der Waals surface area contributed by atoms with Gasteiger partial charge < -0.3 is 23.5 Å². The number of para-hydroxylation sites is 1. The smallest absolute Gasteiger partial charge is 0.289 e. The number of furan rings is 1. The molecule has 0 aliphatic rings. The van der Waals surface area contributed by atoms with Crippen LogP contribution in [0.3, 0.4) is 0 Å². The minimum atomic E-state index is -0.210. The zero-order valence-electron chi connectivity index (χ0n) is 15.2. The van der Waals surface area contributed by atoms with Gasteiger partial charge in [-0.2, -0.15) is 0 Å². The SMILES string of the molecule is COc1ccc(CN(C)C(=O)c2cc3ccccc3o2)c(OC)c1OC. The Hall–Kier alpha value is -3.15. The Bertz CT molecular complexity index is 898. The number of hydrogen-bond donors (Lipinski definition) is 0. The molecule has 1 amide bonds. The number of carbonyl (C=O) groups is 1. The van der Waals surface area contributed by atoms with E-state index >= 15 is 0 Å². The molecule has 3 aromatic rings. The first-order valence-corrected chi connectivity index (χ1v) is 8.11. The predicted molar refractivity (Wildman–Crippen MR) is 98.1 cm³/mol. The summed E-state index contributed by atoms with van der Waals surface area (Å²) in [5.41, 5.74) is 1.49. The Morgan fingerprint density at radius 3 is 2.38 bits per heavy atom. The standard InChI is InChI=1S/C20H21NO5/c1-21(20(22)17-11-13-7-5-6-8-15(13)26-17)12-14-9-10-16(23-2)19(25-4)18(14)24-3/h5-11H,12H2,1-4H3. The molecule has 0 radical (unpaired) electrons. The number of fused-ring (bicyclic) bond motifs is 1. The normalized spacial score (nSPS) is 10.6. The van der Waals surface area contributed by atoms with Crippen molar-refractivity contribution < 1.29 is 23.4 Å². The maximum atomic E-state index is 12.7. The van der Waals surface area contributed by atoms with Crippen LogP contribution in [-0.2, 0) is 6.54 Å². The van der Waals surface area contributed by atoms with E-state index in [4.69, 9.17) is 18.6 Å². The van der Waals surface area contributed by atoms with E-state index < -0.39 is 0 Å². The van der Waals surface area contributed by atoms with Gasteiger partial charge >= 0.3 is 0 Å². The third-order valence-corrected chi connectivity index (χ3v) is 4.18. The Balaban J connectivity index is 1.87. The second-order valence-corrected chi connectivity index (χ2v) is 5.80. The van der Waals surface area contributed by atoms with Crippen molar-refractivity contribution in [2.24, 2.45) is 0 Å². The summed E-state index contributed by atoms with van der Waals surface area (Å²) in [5.74, 6) is 1.69. The number of carbonyl (C=O) groups excluding carboxylic acids is 1. The highest BCUT2D eigenvalue weighted by Gasteiger charge is 2.21. The molecule has 26 heavy (non-hydrogen) atoms. The molecule has 6 nitrogen and oxygen atoms in total. The van der Waals surface area contributed by atoms with Gasteiger partial charge in [-0.15, -0.1) is 0 Å². The number of methoxy groups -OCH3 is 3. The van der Waals surface area contributed by atoms with Gasteiger partial charge in [0.25, 0.3) is 5.91 Å². The fourth-order valence-electron chi connectivity index (χ4n) is 2.89. The lowest BCUT2D eigenvalue weighted by Gasteiger charge is -2.20. The van der Waals surface area contributed by atoms with Gasteiger partial charge in [0.2, 0.25) is 5.75 Å². The van der Waals surface area contributed by atoms with Crippen LogP contribution in [0.15, 0.2) is 46.9 Å². The zero-order valence-corrected chi connectivity index (χ0v) is 15.2. The molecule has 0 atom stereocenters. The quantitative estimate of drug-likeness (QED) is 0.674. The number of ether oxygens (including phenoxy) is 3. The van der Waals surface area contributed by atoms with Crippen molar-refractivity contribution in [1.29, 1.82) is 0 Å². The van der Waals surface area contributed by atoms with Crippen LogP contribution in [0.25, 0.3) is 11.0 Å². The van der Waals surface area contributed by atoms with Gasteiger partial charge in [-0.25, -0.2) is 0 Å². The molecule has 0 aliphatic heterocycles. The first-order valence-electron chi connectivity index (χ1n) is 8.11. The maximum absolute atomic E-state index is 12.7. The van der Waals surface area contributed by atoms with E-state index in [2.05, 4.69) is 0 Å².